The van der Waals surface area contributed by atoms with Crippen molar-refractivity contribution >= 4 is 0 Å². The highest BCUT2D eigenvalue weighted by molar-refractivity contribution is 5.60. The van der Waals surface area contributed by atoms with Crippen molar-refractivity contribution in [2.24, 2.45) is 11.8 Å². The number of piperidine rings is 1. The SMILES string of the molecule is CN1CC[C@]23c4c5ccc(O)c4O[C@H]2[C@@H](O)CC[C@H]3[C@H]1C5.COc1cccc([C@@]2(O)CCCC[C@@H]2CN(C)C)c1. The minimum Gasteiger partial charge on any atom is -0.504 e. The van der Waals surface area contributed by atoms with Crippen molar-refractivity contribution in [2.75, 3.05) is 41.3 Å². The van der Waals surface area contributed by atoms with E-state index in [4.69, 9.17) is 9.47 Å². The zero-order valence-electron chi connectivity index (χ0n) is 24.5. The topological polar surface area (TPSA) is 85.6 Å². The molecule has 218 valence electrons. The van der Waals surface area contributed by atoms with Crippen LogP contribution in [-0.4, -0.2) is 84.7 Å². The summed E-state index contributed by atoms with van der Waals surface area (Å²) in [6.45, 7) is 1.97. The second kappa shape index (κ2) is 10.5. The maximum absolute atomic E-state index is 11.2. The Balaban J connectivity index is 0.000000146. The maximum atomic E-state index is 11.2. The Bertz CT molecular complexity index is 1240. The zero-order chi connectivity index (χ0) is 28.2. The van der Waals surface area contributed by atoms with E-state index in [-0.39, 0.29) is 17.3 Å². The molecule has 5 aliphatic rings. The van der Waals surface area contributed by atoms with Crippen LogP contribution in [0.3, 0.4) is 0 Å². The van der Waals surface area contributed by atoms with E-state index < -0.39 is 11.7 Å². The summed E-state index contributed by atoms with van der Waals surface area (Å²) in [4.78, 5) is 4.65. The molecule has 2 bridgehead atoms. The number of ether oxygens (including phenoxy) is 2. The number of likely N-dealkylation sites (tertiary alicyclic amines) is 1. The van der Waals surface area contributed by atoms with Gasteiger partial charge in [0, 0.05) is 29.5 Å². The molecule has 40 heavy (non-hydrogen) atoms. The Morgan fingerprint density at radius 1 is 1.10 bits per heavy atom. The molecule has 1 spiro atoms. The van der Waals surface area contributed by atoms with Crippen LogP contribution in [0, 0.1) is 11.8 Å². The lowest BCUT2D eigenvalue weighted by molar-refractivity contribution is -0.0993. The number of aromatic hydroxyl groups is 1. The fourth-order valence-corrected chi connectivity index (χ4v) is 8.89. The van der Waals surface area contributed by atoms with Gasteiger partial charge < -0.3 is 34.6 Å². The Labute approximate surface area is 238 Å². The van der Waals surface area contributed by atoms with Gasteiger partial charge in [-0.05, 0) is 101 Å². The van der Waals surface area contributed by atoms with E-state index >= 15 is 0 Å². The molecule has 1 saturated heterocycles. The van der Waals surface area contributed by atoms with Gasteiger partial charge in [-0.1, -0.05) is 31.0 Å². The standard InChI is InChI=1S/C17H21NO3.C16H25NO2/c1-18-7-6-17-10-3-5-13(20)16(17)21-15-12(19)4-2-9(14(15)17)8-11(10)18;1-17(2)12-14-7-4-5-10-16(14,18)13-8-6-9-15(11-13)19-3/h2,4,10-11,13,16,19-20H,3,5-8H2,1H3;6,8-9,11,14,18H,4-5,7,10,12H2,1-3H3/t10-,11+,13-,16-,17-;14-,16+/m01/s1. The molecule has 7 atom stereocenters. The summed E-state index contributed by atoms with van der Waals surface area (Å²) < 4.78 is 11.4. The Morgan fingerprint density at radius 2 is 1.93 bits per heavy atom. The van der Waals surface area contributed by atoms with Gasteiger partial charge in [0.2, 0.25) is 0 Å². The second-order valence-corrected chi connectivity index (χ2v) is 13.1. The highest BCUT2D eigenvalue weighted by atomic mass is 16.5. The average molecular weight is 551 g/mol. The van der Waals surface area contributed by atoms with Crippen LogP contribution in [0.4, 0.5) is 0 Å². The van der Waals surface area contributed by atoms with E-state index in [1.165, 1.54) is 17.5 Å². The van der Waals surface area contributed by atoms with Gasteiger partial charge in [0.1, 0.15) is 11.9 Å². The van der Waals surface area contributed by atoms with E-state index in [1.54, 1.807) is 13.2 Å². The Kier molecular flexibility index (Phi) is 7.31. The minimum atomic E-state index is -0.711. The molecule has 2 aliphatic heterocycles. The van der Waals surface area contributed by atoms with Gasteiger partial charge in [0.25, 0.3) is 0 Å². The molecule has 3 fully saturated rings. The normalized spacial score (nSPS) is 35.8. The fourth-order valence-electron chi connectivity index (χ4n) is 8.89. The molecule has 0 aromatic heterocycles. The molecule has 0 unspecified atom stereocenters. The van der Waals surface area contributed by atoms with Crippen molar-refractivity contribution in [1.82, 2.24) is 9.80 Å². The molecule has 0 amide bonds. The number of likely N-dealkylation sites (N-methyl/N-ethyl adjacent to an activating group) is 1. The first-order valence-electron chi connectivity index (χ1n) is 15.1. The van der Waals surface area contributed by atoms with Crippen LogP contribution in [-0.2, 0) is 17.4 Å². The third kappa shape index (κ3) is 4.32. The number of aliphatic hydroxyl groups is 2. The third-order valence-electron chi connectivity index (χ3n) is 10.8. The number of aliphatic hydroxyl groups excluding tert-OH is 1. The second-order valence-electron chi connectivity index (χ2n) is 13.1. The van der Waals surface area contributed by atoms with Gasteiger partial charge in [0.05, 0.1) is 18.8 Å². The number of benzene rings is 2. The van der Waals surface area contributed by atoms with Crippen LogP contribution in [0.1, 0.15) is 61.6 Å². The first-order chi connectivity index (χ1) is 19.2. The maximum Gasteiger partial charge on any atom is 0.165 e. The van der Waals surface area contributed by atoms with Crippen molar-refractivity contribution in [3.05, 3.63) is 53.1 Å². The summed E-state index contributed by atoms with van der Waals surface area (Å²) in [5.74, 6) is 2.55. The molecule has 2 aromatic rings. The van der Waals surface area contributed by atoms with E-state index in [2.05, 4.69) is 37.0 Å². The number of phenolic OH excluding ortho intramolecular Hbond substituents is 1. The van der Waals surface area contributed by atoms with Crippen LogP contribution >= 0.6 is 0 Å². The fraction of sp³-hybridized carbons (Fsp3) is 0.636. The molecule has 0 radical (unpaired) electrons. The summed E-state index contributed by atoms with van der Waals surface area (Å²) >= 11 is 0. The van der Waals surface area contributed by atoms with E-state index in [9.17, 15) is 15.3 Å². The predicted molar refractivity (Wildman–Crippen MR) is 155 cm³/mol. The number of hydrogen-bond donors (Lipinski definition) is 3. The number of nitrogens with zero attached hydrogens (tertiary/aromatic N) is 2. The summed E-state index contributed by atoms with van der Waals surface area (Å²) in [6, 6.07) is 12.3. The number of hydrogen-bond acceptors (Lipinski definition) is 7. The van der Waals surface area contributed by atoms with E-state index in [1.807, 2.05) is 24.3 Å². The average Bonchev–Trinajstić information content (AvgIpc) is 3.31. The number of methoxy groups -OCH3 is 1. The lowest BCUT2D eigenvalue weighted by Gasteiger charge is -2.58. The van der Waals surface area contributed by atoms with Gasteiger partial charge in [-0.15, -0.1) is 0 Å². The lowest BCUT2D eigenvalue weighted by atomic mass is 9.51. The van der Waals surface area contributed by atoms with Crippen LogP contribution < -0.4 is 9.47 Å². The van der Waals surface area contributed by atoms with Crippen molar-refractivity contribution in [3.63, 3.8) is 0 Å². The highest BCUT2D eigenvalue weighted by Gasteiger charge is 2.65. The molecule has 2 saturated carbocycles. The largest absolute Gasteiger partial charge is 0.504 e. The van der Waals surface area contributed by atoms with Gasteiger partial charge in [-0.2, -0.15) is 0 Å². The first kappa shape index (κ1) is 27.8. The van der Waals surface area contributed by atoms with Crippen molar-refractivity contribution < 1.29 is 24.8 Å². The number of rotatable bonds is 4. The Hall–Kier alpha value is -2.32. The summed E-state index contributed by atoms with van der Waals surface area (Å²) in [5, 5.41) is 31.9. The monoisotopic (exact) mass is 550 g/mol. The quantitative estimate of drug-likeness (QED) is 0.530. The molecule has 7 nitrogen and oxygen atoms in total. The molecular formula is C33H46N2O5. The molecule has 3 N–H and O–H groups in total. The van der Waals surface area contributed by atoms with Crippen molar-refractivity contribution in [3.8, 4) is 17.2 Å². The smallest absolute Gasteiger partial charge is 0.165 e. The lowest BCUT2D eigenvalue weighted by Crippen LogP contribution is -2.66. The highest BCUT2D eigenvalue weighted by Crippen LogP contribution is 2.63. The van der Waals surface area contributed by atoms with Gasteiger partial charge in [-0.3, -0.25) is 0 Å². The van der Waals surface area contributed by atoms with Crippen LogP contribution in [0.15, 0.2) is 36.4 Å². The Morgan fingerprint density at radius 3 is 2.70 bits per heavy atom. The van der Waals surface area contributed by atoms with E-state index in [0.717, 1.165) is 69.3 Å². The molecular weight excluding hydrogens is 504 g/mol. The molecule has 2 heterocycles. The minimum absolute atomic E-state index is 0.0729. The zero-order valence-corrected chi connectivity index (χ0v) is 24.5. The molecule has 7 heteroatoms. The summed E-state index contributed by atoms with van der Waals surface area (Å²) in [5.41, 5.74) is 2.75. The molecule has 2 aromatic carbocycles. The van der Waals surface area contributed by atoms with Crippen LogP contribution in [0.25, 0.3) is 0 Å². The first-order valence-corrected chi connectivity index (χ1v) is 15.1. The van der Waals surface area contributed by atoms with Gasteiger partial charge in [-0.25, -0.2) is 0 Å². The summed E-state index contributed by atoms with van der Waals surface area (Å²) in [7, 11) is 8.03. The molecule has 3 aliphatic carbocycles. The van der Waals surface area contributed by atoms with Gasteiger partial charge in [0.15, 0.2) is 11.5 Å². The van der Waals surface area contributed by atoms with E-state index in [0.29, 0.717) is 23.6 Å². The molecule has 7 rings (SSSR count). The summed E-state index contributed by atoms with van der Waals surface area (Å²) in [6.07, 6.45) is 7.59. The predicted octanol–water partition coefficient (Wildman–Crippen LogP) is 4.06. The van der Waals surface area contributed by atoms with Crippen LogP contribution in [0.2, 0.25) is 0 Å². The van der Waals surface area contributed by atoms with Crippen molar-refractivity contribution in [1.29, 1.82) is 0 Å². The third-order valence-corrected chi connectivity index (χ3v) is 10.8. The number of phenols is 1. The van der Waals surface area contributed by atoms with Gasteiger partial charge >= 0.3 is 0 Å². The van der Waals surface area contributed by atoms with Crippen molar-refractivity contribution in [2.45, 2.75) is 80.6 Å². The van der Waals surface area contributed by atoms with Crippen LogP contribution in [0.5, 0.6) is 17.2 Å².